The summed E-state index contributed by atoms with van der Waals surface area (Å²) in [5, 5.41) is 18.5. The molecule has 2 unspecified atom stereocenters. The molecule has 0 aliphatic carbocycles. The third-order valence-electron chi connectivity index (χ3n) is 7.21. The van der Waals surface area contributed by atoms with Gasteiger partial charge in [0.1, 0.15) is 0 Å². The van der Waals surface area contributed by atoms with E-state index in [1.54, 1.807) is 6.92 Å². The van der Waals surface area contributed by atoms with E-state index < -0.39 is 52.9 Å². The molecule has 2 aromatic heterocycles. The van der Waals surface area contributed by atoms with Crippen molar-refractivity contribution >= 4 is 66.4 Å². The molecule has 246 valence electrons. The lowest BCUT2D eigenvalue weighted by Gasteiger charge is -2.18. The first-order valence-electron chi connectivity index (χ1n) is 14.1. The highest BCUT2D eigenvalue weighted by Gasteiger charge is 2.25. The topological polar surface area (TPSA) is 146 Å². The highest BCUT2D eigenvalue weighted by atomic mass is 32.1. The predicted octanol–water partition coefficient (Wildman–Crippen LogP) is 7.09. The summed E-state index contributed by atoms with van der Waals surface area (Å²) >= 11 is 2.05. The van der Waals surface area contributed by atoms with Crippen LogP contribution < -0.4 is 18.9 Å². The van der Waals surface area contributed by atoms with Crippen LogP contribution in [0.5, 0.6) is 23.0 Å². The highest BCUT2D eigenvalue weighted by molar-refractivity contribution is 7.21. The molecule has 2 atom stereocenters. The number of Topliss-reactive ketones (excluding diaryl/α,β-unsaturated/α-hetero) is 2. The van der Waals surface area contributed by atoms with Crippen LogP contribution in [0.15, 0.2) is 24.3 Å². The number of carboxylic acids is 2. The largest absolute Gasteiger partial charge is 0.493 e. The molecule has 2 N–H and O–H groups in total. The number of rotatable bonds is 16. The molecule has 14 heteroatoms. The molecule has 10 nitrogen and oxygen atoms in total. The van der Waals surface area contributed by atoms with Crippen molar-refractivity contribution in [1.82, 2.24) is 0 Å². The first-order valence-corrected chi connectivity index (χ1v) is 15.8. The summed E-state index contributed by atoms with van der Waals surface area (Å²) in [6.45, 7) is 4.46. The first kappa shape index (κ1) is 34.6. The summed E-state index contributed by atoms with van der Waals surface area (Å²) in [7, 11) is 2.69. The number of carbonyl (C=O) groups excluding carboxylic acids is 2. The van der Waals surface area contributed by atoms with E-state index in [-0.39, 0.29) is 69.6 Å². The van der Waals surface area contributed by atoms with Gasteiger partial charge in [0, 0.05) is 51.1 Å². The molecule has 2 aromatic carbocycles. The summed E-state index contributed by atoms with van der Waals surface area (Å²) in [5.74, 6) is -6.88. The number of ketones is 2. The minimum absolute atomic E-state index is 0.0596. The van der Waals surface area contributed by atoms with Gasteiger partial charge in [-0.15, -0.1) is 22.7 Å². The normalized spacial score (nSPS) is 13.3. The van der Waals surface area contributed by atoms with Crippen molar-refractivity contribution in [3.05, 3.63) is 45.7 Å². The fourth-order valence-corrected chi connectivity index (χ4v) is 6.55. The molecule has 0 amide bonds. The number of ether oxygens (including phenoxy) is 4. The standard InChI is InChI=1S/C32H32F2O10S2/c1-14(12-43-29-21(41-4)10-23-17(27(29)33)8-25(45-23)19(35)6-15(2)31(37)38)13-44-30-22(42-5)11-24-18(28(30)34)9-26(46-24)20(36)7-16(3)32(39)40/h8-11,14-16H,6-7,12-13H2,1-5H3,(H,37,38)(H,39,40). The first-order chi connectivity index (χ1) is 21.7. The smallest absolute Gasteiger partial charge is 0.306 e. The Morgan fingerprint density at radius 2 is 1.07 bits per heavy atom. The SMILES string of the molecule is COc1cc2sc(C(=O)CC(C)C(=O)O)cc2c(F)c1OCC(C)COc1c(OC)cc2sc(C(=O)CC(C)C(=O)O)cc2c1F. The average Bonchev–Trinajstić information content (AvgIpc) is 3.65. The number of carboxylic acid groups (broad SMARTS) is 2. The van der Waals surface area contributed by atoms with E-state index in [4.69, 9.17) is 29.2 Å². The number of hydrogen-bond acceptors (Lipinski definition) is 10. The fraction of sp³-hybridized carbons (Fsp3) is 0.375. The second-order valence-electron chi connectivity index (χ2n) is 10.9. The van der Waals surface area contributed by atoms with Crippen LogP contribution in [-0.2, 0) is 9.59 Å². The number of hydrogen-bond donors (Lipinski definition) is 2. The number of thiophene rings is 2. The summed E-state index contributed by atoms with van der Waals surface area (Å²) in [4.78, 5) is 47.9. The van der Waals surface area contributed by atoms with Crippen molar-refractivity contribution in [1.29, 1.82) is 0 Å². The van der Waals surface area contributed by atoms with Crippen LogP contribution in [0.3, 0.4) is 0 Å². The van der Waals surface area contributed by atoms with Gasteiger partial charge in [-0.2, -0.15) is 0 Å². The van der Waals surface area contributed by atoms with Gasteiger partial charge < -0.3 is 29.2 Å². The molecular formula is C32H32F2O10S2. The van der Waals surface area contributed by atoms with Gasteiger partial charge in [0.25, 0.3) is 0 Å². The summed E-state index contributed by atoms with van der Waals surface area (Å²) in [5.41, 5.74) is 0. The van der Waals surface area contributed by atoms with E-state index in [0.717, 1.165) is 22.7 Å². The fourth-order valence-electron chi connectivity index (χ4n) is 4.48. The van der Waals surface area contributed by atoms with Crippen LogP contribution in [-0.4, -0.2) is 61.2 Å². The van der Waals surface area contributed by atoms with Crippen molar-refractivity contribution in [3.8, 4) is 23.0 Å². The van der Waals surface area contributed by atoms with Crippen molar-refractivity contribution in [3.63, 3.8) is 0 Å². The van der Waals surface area contributed by atoms with Crippen LogP contribution in [0, 0.1) is 29.4 Å². The molecule has 2 heterocycles. The molecule has 46 heavy (non-hydrogen) atoms. The Kier molecular flexibility index (Phi) is 10.8. The Morgan fingerprint density at radius 3 is 1.39 bits per heavy atom. The van der Waals surface area contributed by atoms with E-state index in [0.29, 0.717) is 9.40 Å². The average molecular weight is 679 g/mol. The second kappa shape index (κ2) is 14.4. The zero-order valence-corrected chi connectivity index (χ0v) is 27.2. The number of methoxy groups -OCH3 is 2. The van der Waals surface area contributed by atoms with E-state index in [2.05, 4.69) is 0 Å². The van der Waals surface area contributed by atoms with E-state index in [1.165, 1.54) is 52.3 Å². The Labute approximate surface area is 270 Å². The van der Waals surface area contributed by atoms with E-state index in [9.17, 15) is 19.2 Å². The monoisotopic (exact) mass is 678 g/mol. The van der Waals surface area contributed by atoms with Crippen molar-refractivity contribution in [2.24, 2.45) is 17.8 Å². The zero-order valence-electron chi connectivity index (χ0n) is 25.6. The molecule has 0 radical (unpaired) electrons. The lowest BCUT2D eigenvalue weighted by atomic mass is 10.0. The maximum absolute atomic E-state index is 15.6. The van der Waals surface area contributed by atoms with Gasteiger partial charge in [0.05, 0.1) is 49.0 Å². The summed E-state index contributed by atoms with van der Waals surface area (Å²) in [6.07, 6.45) is -0.449. The van der Waals surface area contributed by atoms with Crippen molar-refractivity contribution < 1.29 is 57.1 Å². The molecule has 0 saturated carbocycles. The Balaban J connectivity index is 1.48. The third kappa shape index (κ3) is 7.39. The van der Waals surface area contributed by atoms with Gasteiger partial charge >= 0.3 is 11.9 Å². The number of aliphatic carboxylic acids is 2. The molecule has 4 rings (SSSR count). The number of carbonyl (C=O) groups is 4. The van der Waals surface area contributed by atoms with Crippen LogP contribution >= 0.6 is 22.7 Å². The number of benzene rings is 2. The highest BCUT2D eigenvalue weighted by Crippen LogP contribution is 2.42. The van der Waals surface area contributed by atoms with Gasteiger partial charge in [-0.05, 0) is 12.1 Å². The number of fused-ring (bicyclic) bond motifs is 2. The maximum atomic E-state index is 15.6. The maximum Gasteiger partial charge on any atom is 0.306 e. The molecule has 0 spiro atoms. The van der Waals surface area contributed by atoms with E-state index >= 15 is 8.78 Å². The number of halogens is 2. The Bertz CT molecular complexity index is 1680. The lowest BCUT2D eigenvalue weighted by Crippen LogP contribution is -2.18. The van der Waals surface area contributed by atoms with Crippen molar-refractivity contribution in [2.45, 2.75) is 33.6 Å². The molecular weight excluding hydrogens is 646 g/mol. The molecule has 0 bridgehead atoms. The van der Waals surface area contributed by atoms with Crippen LogP contribution in [0.4, 0.5) is 8.78 Å². The van der Waals surface area contributed by atoms with Gasteiger partial charge in [-0.25, -0.2) is 8.78 Å². The van der Waals surface area contributed by atoms with Crippen LogP contribution in [0.1, 0.15) is 53.0 Å². The van der Waals surface area contributed by atoms with Gasteiger partial charge in [-0.3, -0.25) is 19.2 Å². The summed E-state index contributed by atoms with van der Waals surface area (Å²) < 4.78 is 54.3. The lowest BCUT2D eigenvalue weighted by molar-refractivity contribution is -0.141. The Morgan fingerprint density at radius 1 is 0.696 bits per heavy atom. The Hall–Kier alpha value is -4.30. The quantitative estimate of drug-likeness (QED) is 0.118. The van der Waals surface area contributed by atoms with Gasteiger partial charge in [0.15, 0.2) is 46.2 Å². The molecule has 0 saturated heterocycles. The van der Waals surface area contributed by atoms with Crippen molar-refractivity contribution in [2.75, 3.05) is 27.4 Å². The summed E-state index contributed by atoms with van der Waals surface area (Å²) in [6, 6.07) is 5.81. The minimum Gasteiger partial charge on any atom is -0.493 e. The van der Waals surface area contributed by atoms with Crippen LogP contribution in [0.25, 0.3) is 20.2 Å². The molecule has 0 aliphatic rings. The zero-order chi connectivity index (χ0) is 33.9. The van der Waals surface area contributed by atoms with E-state index in [1.807, 2.05) is 0 Å². The minimum atomic E-state index is -1.10. The van der Waals surface area contributed by atoms with Crippen LogP contribution in [0.2, 0.25) is 0 Å². The third-order valence-corrected chi connectivity index (χ3v) is 9.45. The molecule has 4 aromatic rings. The molecule has 0 fully saturated rings. The predicted molar refractivity (Wildman–Crippen MR) is 168 cm³/mol. The second-order valence-corrected chi connectivity index (χ2v) is 13.1. The van der Waals surface area contributed by atoms with Gasteiger partial charge in [0.2, 0.25) is 0 Å². The molecule has 0 aliphatic heterocycles. The van der Waals surface area contributed by atoms with Gasteiger partial charge in [-0.1, -0.05) is 20.8 Å².